The van der Waals surface area contributed by atoms with Crippen LogP contribution in [0.2, 0.25) is 0 Å². The molecule has 214 valence electrons. The average molecular weight is 511 g/mol. The van der Waals surface area contributed by atoms with Crippen LogP contribution in [0.25, 0.3) is 0 Å². The zero-order chi connectivity index (χ0) is 27.4. The fourth-order valence-electron chi connectivity index (χ4n) is 4.40. The number of carbonyl (C=O) groups excluding carboxylic acids is 1. The number of carbonyl (C=O) groups is 1. The van der Waals surface area contributed by atoms with Crippen LogP contribution in [-0.4, -0.2) is 59.9 Å². The highest BCUT2D eigenvalue weighted by Crippen LogP contribution is 2.15. The van der Waals surface area contributed by atoms with E-state index in [1.165, 1.54) is 64.2 Å². The first-order chi connectivity index (χ1) is 17.0. The number of hydrogen-bond acceptors (Lipinski definition) is 4. The molecule has 0 fully saturated rings. The van der Waals surface area contributed by atoms with Crippen LogP contribution in [0, 0.1) is 5.41 Å². The molecule has 0 aliphatic carbocycles. The number of unbranched alkanes of at least 4 members (excludes halogenated alkanes) is 11. The molecule has 0 aromatic carbocycles. The summed E-state index contributed by atoms with van der Waals surface area (Å²) in [5.41, 5.74) is -0.511. The Morgan fingerprint density at radius 2 is 1.39 bits per heavy atom. The smallest absolute Gasteiger partial charge is 0.225 e. The molecule has 5 heteroatoms. The van der Waals surface area contributed by atoms with Crippen molar-refractivity contribution in [2.45, 2.75) is 157 Å². The molecule has 2 N–H and O–H groups in total. The topological polar surface area (TPSA) is 61.8 Å². The molecule has 0 aromatic rings. The predicted octanol–water partition coefficient (Wildman–Crippen LogP) is 7.27. The van der Waals surface area contributed by atoms with E-state index >= 15 is 0 Å². The van der Waals surface area contributed by atoms with Gasteiger partial charge in [-0.2, -0.15) is 0 Å². The van der Waals surface area contributed by atoms with E-state index in [4.69, 9.17) is 4.74 Å². The number of amides is 1. The quantitative estimate of drug-likeness (QED) is 0.119. The fraction of sp³-hybridized carbons (Fsp3) is 0.903. The summed E-state index contributed by atoms with van der Waals surface area (Å²) in [6.07, 6.45) is 18.8. The highest BCUT2D eigenvalue weighted by atomic mass is 16.5. The van der Waals surface area contributed by atoms with Crippen molar-refractivity contribution in [3.63, 3.8) is 0 Å². The molecule has 0 rings (SSSR count). The van der Waals surface area contributed by atoms with E-state index in [1.807, 2.05) is 26.8 Å². The summed E-state index contributed by atoms with van der Waals surface area (Å²) >= 11 is 0. The van der Waals surface area contributed by atoms with Gasteiger partial charge in [-0.3, -0.25) is 9.69 Å². The molecule has 0 heterocycles. The number of rotatable bonds is 22. The molecule has 2 atom stereocenters. The zero-order valence-electron chi connectivity index (χ0n) is 25.3. The van der Waals surface area contributed by atoms with Crippen molar-refractivity contribution < 1.29 is 14.6 Å². The van der Waals surface area contributed by atoms with E-state index < -0.39 is 17.6 Å². The Hall–Kier alpha value is -0.910. The summed E-state index contributed by atoms with van der Waals surface area (Å²) < 4.78 is 5.93. The lowest BCUT2D eigenvalue weighted by Crippen LogP contribution is -2.49. The lowest BCUT2D eigenvalue weighted by atomic mass is 9.95. The minimum atomic E-state index is -0.754. The number of nitrogens with one attached hydrogen (secondary N) is 1. The third-order valence-electron chi connectivity index (χ3n) is 6.84. The Morgan fingerprint density at radius 3 is 1.86 bits per heavy atom. The monoisotopic (exact) mass is 510 g/mol. The number of aliphatic hydroxyl groups excluding tert-OH is 1. The first-order valence-corrected chi connectivity index (χ1v) is 15.0. The zero-order valence-corrected chi connectivity index (χ0v) is 25.3. The van der Waals surface area contributed by atoms with Gasteiger partial charge in [-0.25, -0.2) is 0 Å². The Kier molecular flexibility index (Phi) is 20.5. The molecule has 0 saturated heterocycles. The van der Waals surface area contributed by atoms with Crippen molar-refractivity contribution >= 4 is 5.91 Å². The van der Waals surface area contributed by atoms with Gasteiger partial charge in [0, 0.05) is 24.0 Å². The Bertz CT molecular complexity index is 547. The van der Waals surface area contributed by atoms with Crippen LogP contribution in [0.1, 0.15) is 132 Å². The van der Waals surface area contributed by atoms with Gasteiger partial charge in [0.15, 0.2) is 0 Å². The second kappa shape index (κ2) is 21.1. The highest BCUT2D eigenvalue weighted by molar-refractivity contribution is 5.81. The van der Waals surface area contributed by atoms with Gasteiger partial charge in [0.2, 0.25) is 5.91 Å². The number of ether oxygens (including phenoxy) is 1. The molecule has 0 saturated carbocycles. The summed E-state index contributed by atoms with van der Waals surface area (Å²) in [5, 5.41) is 13.8. The van der Waals surface area contributed by atoms with Gasteiger partial charge in [0.25, 0.3) is 0 Å². The van der Waals surface area contributed by atoms with Crippen LogP contribution in [0.5, 0.6) is 0 Å². The van der Waals surface area contributed by atoms with Gasteiger partial charge in [-0.05, 0) is 40.5 Å². The molecule has 0 aliphatic heterocycles. The molecule has 0 unspecified atom stereocenters. The number of hydrogen-bond donors (Lipinski definition) is 2. The lowest BCUT2D eigenvalue weighted by Gasteiger charge is -2.31. The SMILES string of the molecule is CCCCCCCCCCCCC/C=C/[C@@H](O)[C@H](COCCN(C(C)C)C(C)C)NC(=O)C(C)(C)C. The van der Waals surface area contributed by atoms with Crippen LogP contribution in [0.4, 0.5) is 0 Å². The third kappa shape index (κ3) is 18.4. The molecule has 0 radical (unpaired) electrons. The van der Waals surface area contributed by atoms with E-state index in [-0.39, 0.29) is 5.91 Å². The highest BCUT2D eigenvalue weighted by Gasteiger charge is 2.27. The molecule has 36 heavy (non-hydrogen) atoms. The molecule has 0 aromatic heterocycles. The number of aliphatic hydroxyl groups is 1. The lowest BCUT2D eigenvalue weighted by molar-refractivity contribution is -0.130. The Morgan fingerprint density at radius 1 is 0.889 bits per heavy atom. The van der Waals surface area contributed by atoms with Gasteiger partial charge in [0.05, 0.1) is 25.4 Å². The predicted molar refractivity (Wildman–Crippen MR) is 155 cm³/mol. The minimum Gasteiger partial charge on any atom is -0.387 e. The minimum absolute atomic E-state index is 0.0695. The Balaban J connectivity index is 4.38. The standard InChI is InChI=1S/C31H62N2O3/c1-9-10-11-12-13-14-15-16-17-18-19-20-21-22-29(34)28(32-30(35)31(6,7)8)25-36-24-23-33(26(2)3)27(4)5/h21-22,26-29,34H,9-20,23-25H2,1-8H3,(H,32,35)/b22-21+/t28-,29+/m0/s1. The largest absolute Gasteiger partial charge is 0.387 e. The van der Waals surface area contributed by atoms with E-state index in [0.717, 1.165) is 19.4 Å². The Labute approximate surface area is 224 Å². The van der Waals surface area contributed by atoms with Crippen molar-refractivity contribution in [1.82, 2.24) is 10.2 Å². The molecular weight excluding hydrogens is 448 g/mol. The van der Waals surface area contributed by atoms with Crippen LogP contribution >= 0.6 is 0 Å². The third-order valence-corrected chi connectivity index (χ3v) is 6.84. The second-order valence-corrected chi connectivity index (χ2v) is 12.1. The summed E-state index contributed by atoms with van der Waals surface area (Å²) in [5.74, 6) is -0.0695. The van der Waals surface area contributed by atoms with Gasteiger partial charge in [0.1, 0.15) is 0 Å². The summed E-state index contributed by atoms with van der Waals surface area (Å²) in [4.78, 5) is 15.0. The van der Waals surface area contributed by atoms with Crippen molar-refractivity contribution in [2.24, 2.45) is 5.41 Å². The molecule has 0 bridgehead atoms. The number of nitrogens with zero attached hydrogens (tertiary/aromatic N) is 1. The maximum atomic E-state index is 12.6. The average Bonchev–Trinajstić information content (AvgIpc) is 2.79. The van der Waals surface area contributed by atoms with Crippen molar-refractivity contribution in [2.75, 3.05) is 19.8 Å². The van der Waals surface area contributed by atoms with Crippen LogP contribution in [0.15, 0.2) is 12.2 Å². The summed E-state index contributed by atoms with van der Waals surface area (Å²) in [6, 6.07) is 0.458. The number of allylic oxidation sites excluding steroid dienone is 1. The maximum absolute atomic E-state index is 12.6. The van der Waals surface area contributed by atoms with Gasteiger partial charge < -0.3 is 15.2 Å². The molecule has 1 amide bonds. The van der Waals surface area contributed by atoms with Crippen LogP contribution in [-0.2, 0) is 9.53 Å². The molecular formula is C31H62N2O3. The molecule has 5 nitrogen and oxygen atoms in total. The first-order valence-electron chi connectivity index (χ1n) is 15.0. The normalized spacial score (nSPS) is 14.3. The van der Waals surface area contributed by atoms with E-state index in [2.05, 4.69) is 50.9 Å². The summed E-state index contributed by atoms with van der Waals surface area (Å²) in [6.45, 7) is 18.4. The first kappa shape index (κ1) is 35.1. The van der Waals surface area contributed by atoms with Crippen LogP contribution in [0.3, 0.4) is 0 Å². The van der Waals surface area contributed by atoms with Gasteiger partial charge in [-0.15, -0.1) is 0 Å². The van der Waals surface area contributed by atoms with E-state index in [1.54, 1.807) is 0 Å². The molecule has 0 aliphatic rings. The summed E-state index contributed by atoms with van der Waals surface area (Å²) in [7, 11) is 0. The van der Waals surface area contributed by atoms with Crippen molar-refractivity contribution in [1.29, 1.82) is 0 Å². The van der Waals surface area contributed by atoms with Crippen molar-refractivity contribution in [3.05, 3.63) is 12.2 Å². The second-order valence-electron chi connectivity index (χ2n) is 12.1. The van der Waals surface area contributed by atoms with Gasteiger partial charge >= 0.3 is 0 Å². The maximum Gasteiger partial charge on any atom is 0.225 e. The fourth-order valence-corrected chi connectivity index (χ4v) is 4.40. The van der Waals surface area contributed by atoms with E-state index in [9.17, 15) is 9.90 Å². The molecule has 0 spiro atoms. The van der Waals surface area contributed by atoms with Gasteiger partial charge in [-0.1, -0.05) is 104 Å². The van der Waals surface area contributed by atoms with Crippen molar-refractivity contribution in [3.8, 4) is 0 Å². The van der Waals surface area contributed by atoms with Crippen LogP contribution < -0.4 is 5.32 Å². The van der Waals surface area contributed by atoms with E-state index in [0.29, 0.717) is 25.3 Å².